The SMILES string of the molecule is CC(C)CCN(CCC(C)C)C(=O)COC1CCNCC1. The van der Waals surface area contributed by atoms with E-state index in [1.807, 2.05) is 4.90 Å². The van der Waals surface area contributed by atoms with Gasteiger partial charge in [-0.05, 0) is 50.6 Å². The third-order valence-corrected chi connectivity index (χ3v) is 4.03. The molecule has 0 aromatic carbocycles. The summed E-state index contributed by atoms with van der Waals surface area (Å²) in [5.74, 6) is 1.42. The summed E-state index contributed by atoms with van der Waals surface area (Å²) in [5.41, 5.74) is 0. The standard InChI is InChI=1S/C17H34N2O2/c1-14(2)7-11-19(12-8-15(3)4)17(20)13-21-16-5-9-18-10-6-16/h14-16,18H,5-13H2,1-4H3. The molecule has 0 bridgehead atoms. The highest BCUT2D eigenvalue weighted by atomic mass is 16.5. The van der Waals surface area contributed by atoms with E-state index in [2.05, 4.69) is 33.0 Å². The van der Waals surface area contributed by atoms with Crippen LogP contribution in [0.1, 0.15) is 53.4 Å². The minimum Gasteiger partial charge on any atom is -0.368 e. The lowest BCUT2D eigenvalue weighted by Gasteiger charge is -2.27. The predicted octanol–water partition coefficient (Wildman–Crippen LogP) is 2.68. The van der Waals surface area contributed by atoms with Crippen LogP contribution in [-0.2, 0) is 9.53 Å². The first-order chi connectivity index (χ1) is 9.99. The molecule has 0 unspecified atom stereocenters. The predicted molar refractivity (Wildman–Crippen MR) is 87.3 cm³/mol. The van der Waals surface area contributed by atoms with Gasteiger partial charge in [0, 0.05) is 13.1 Å². The summed E-state index contributed by atoms with van der Waals surface area (Å²) in [6.45, 7) is 12.8. The van der Waals surface area contributed by atoms with E-state index in [1.54, 1.807) is 0 Å². The van der Waals surface area contributed by atoms with Gasteiger partial charge in [0.05, 0.1) is 6.10 Å². The fourth-order valence-corrected chi connectivity index (χ4v) is 2.43. The summed E-state index contributed by atoms with van der Waals surface area (Å²) in [6, 6.07) is 0. The molecule has 0 radical (unpaired) electrons. The summed E-state index contributed by atoms with van der Waals surface area (Å²) in [5, 5.41) is 3.32. The minimum atomic E-state index is 0.162. The van der Waals surface area contributed by atoms with Crippen LogP contribution < -0.4 is 5.32 Å². The van der Waals surface area contributed by atoms with E-state index < -0.39 is 0 Å². The molecule has 1 amide bonds. The number of nitrogens with one attached hydrogen (secondary N) is 1. The monoisotopic (exact) mass is 298 g/mol. The Hall–Kier alpha value is -0.610. The maximum atomic E-state index is 12.4. The van der Waals surface area contributed by atoms with Gasteiger partial charge in [0.15, 0.2) is 0 Å². The molecule has 1 saturated heterocycles. The van der Waals surface area contributed by atoms with Crippen LogP contribution in [0.2, 0.25) is 0 Å². The van der Waals surface area contributed by atoms with Crippen LogP contribution in [0.25, 0.3) is 0 Å². The molecule has 0 saturated carbocycles. The fourth-order valence-electron chi connectivity index (χ4n) is 2.43. The van der Waals surface area contributed by atoms with Gasteiger partial charge in [-0.1, -0.05) is 27.7 Å². The van der Waals surface area contributed by atoms with E-state index in [4.69, 9.17) is 4.74 Å². The van der Waals surface area contributed by atoms with Crippen molar-refractivity contribution in [3.63, 3.8) is 0 Å². The van der Waals surface area contributed by atoms with Crippen LogP contribution in [0, 0.1) is 11.8 Å². The summed E-state index contributed by atoms with van der Waals surface area (Å²) in [7, 11) is 0. The van der Waals surface area contributed by atoms with E-state index in [9.17, 15) is 4.79 Å². The molecule has 0 aromatic rings. The number of nitrogens with zero attached hydrogens (tertiary/aromatic N) is 1. The van der Waals surface area contributed by atoms with Crippen molar-refractivity contribution in [3.05, 3.63) is 0 Å². The number of carbonyl (C=O) groups is 1. The Morgan fingerprint density at radius 1 is 1.10 bits per heavy atom. The van der Waals surface area contributed by atoms with E-state index in [-0.39, 0.29) is 18.6 Å². The zero-order valence-corrected chi connectivity index (χ0v) is 14.4. The van der Waals surface area contributed by atoms with Crippen LogP contribution in [0.15, 0.2) is 0 Å². The molecule has 1 N–H and O–H groups in total. The van der Waals surface area contributed by atoms with E-state index >= 15 is 0 Å². The number of hydrogen-bond acceptors (Lipinski definition) is 3. The zero-order valence-electron chi connectivity index (χ0n) is 14.4. The Bertz CT molecular complexity index is 275. The maximum absolute atomic E-state index is 12.4. The fraction of sp³-hybridized carbons (Fsp3) is 0.941. The van der Waals surface area contributed by atoms with Gasteiger partial charge in [0.25, 0.3) is 0 Å². The Balaban J connectivity index is 2.36. The molecule has 1 heterocycles. The molecule has 0 atom stereocenters. The Morgan fingerprint density at radius 3 is 2.10 bits per heavy atom. The van der Waals surface area contributed by atoms with Crippen molar-refractivity contribution >= 4 is 5.91 Å². The lowest BCUT2D eigenvalue weighted by atomic mass is 10.1. The normalized spacial score (nSPS) is 16.7. The van der Waals surface area contributed by atoms with Crippen molar-refractivity contribution in [1.82, 2.24) is 10.2 Å². The van der Waals surface area contributed by atoms with Gasteiger partial charge < -0.3 is 15.0 Å². The third-order valence-electron chi connectivity index (χ3n) is 4.03. The third kappa shape index (κ3) is 8.42. The van der Waals surface area contributed by atoms with Crippen LogP contribution in [-0.4, -0.2) is 49.7 Å². The molecule has 0 aliphatic carbocycles. The van der Waals surface area contributed by atoms with E-state index in [0.717, 1.165) is 51.9 Å². The molecule has 1 aliphatic heterocycles. The number of piperidine rings is 1. The smallest absolute Gasteiger partial charge is 0.248 e. The first-order valence-corrected chi connectivity index (χ1v) is 8.59. The molecule has 21 heavy (non-hydrogen) atoms. The van der Waals surface area contributed by atoms with Gasteiger partial charge in [-0.15, -0.1) is 0 Å². The van der Waals surface area contributed by atoms with E-state index in [0.29, 0.717) is 11.8 Å². The Kier molecular flexibility index (Phi) is 8.93. The van der Waals surface area contributed by atoms with Crippen molar-refractivity contribution in [2.24, 2.45) is 11.8 Å². The second-order valence-corrected chi connectivity index (χ2v) is 7.01. The Morgan fingerprint density at radius 2 is 1.62 bits per heavy atom. The second kappa shape index (κ2) is 10.2. The molecule has 1 aliphatic rings. The van der Waals surface area contributed by atoms with E-state index in [1.165, 1.54) is 0 Å². The highest BCUT2D eigenvalue weighted by molar-refractivity contribution is 5.77. The minimum absolute atomic E-state index is 0.162. The van der Waals surface area contributed by atoms with Crippen molar-refractivity contribution in [2.45, 2.75) is 59.5 Å². The van der Waals surface area contributed by atoms with Gasteiger partial charge in [-0.3, -0.25) is 4.79 Å². The van der Waals surface area contributed by atoms with Gasteiger partial charge in [0.1, 0.15) is 6.61 Å². The first-order valence-electron chi connectivity index (χ1n) is 8.59. The average Bonchev–Trinajstić information content (AvgIpc) is 2.45. The van der Waals surface area contributed by atoms with Gasteiger partial charge in [-0.25, -0.2) is 0 Å². The number of amides is 1. The molecule has 1 fully saturated rings. The lowest BCUT2D eigenvalue weighted by molar-refractivity contribution is -0.139. The number of rotatable bonds is 9. The zero-order chi connectivity index (χ0) is 15.7. The van der Waals surface area contributed by atoms with Crippen molar-refractivity contribution < 1.29 is 9.53 Å². The quantitative estimate of drug-likeness (QED) is 0.711. The molecule has 124 valence electrons. The largest absolute Gasteiger partial charge is 0.368 e. The lowest BCUT2D eigenvalue weighted by Crippen LogP contribution is -2.39. The van der Waals surface area contributed by atoms with Crippen molar-refractivity contribution in [3.8, 4) is 0 Å². The first kappa shape index (κ1) is 18.4. The van der Waals surface area contributed by atoms with Crippen molar-refractivity contribution in [1.29, 1.82) is 0 Å². The van der Waals surface area contributed by atoms with Crippen LogP contribution >= 0.6 is 0 Å². The molecule has 0 spiro atoms. The number of carbonyl (C=O) groups excluding carboxylic acids is 1. The number of ether oxygens (including phenoxy) is 1. The molecule has 4 nitrogen and oxygen atoms in total. The van der Waals surface area contributed by atoms with Gasteiger partial charge >= 0.3 is 0 Å². The molecular weight excluding hydrogens is 264 g/mol. The summed E-state index contributed by atoms with van der Waals surface area (Å²) < 4.78 is 5.81. The topological polar surface area (TPSA) is 41.6 Å². The van der Waals surface area contributed by atoms with Crippen LogP contribution in [0.3, 0.4) is 0 Å². The second-order valence-electron chi connectivity index (χ2n) is 7.01. The highest BCUT2D eigenvalue weighted by Gasteiger charge is 2.18. The summed E-state index contributed by atoms with van der Waals surface area (Å²) >= 11 is 0. The Labute approximate surface area is 130 Å². The summed E-state index contributed by atoms with van der Waals surface area (Å²) in [6.07, 6.45) is 4.43. The summed E-state index contributed by atoms with van der Waals surface area (Å²) in [4.78, 5) is 14.4. The van der Waals surface area contributed by atoms with Gasteiger partial charge in [0.2, 0.25) is 5.91 Å². The van der Waals surface area contributed by atoms with Crippen LogP contribution in [0.4, 0.5) is 0 Å². The number of hydrogen-bond donors (Lipinski definition) is 1. The molecule has 0 aromatic heterocycles. The van der Waals surface area contributed by atoms with Crippen molar-refractivity contribution in [2.75, 3.05) is 32.8 Å². The highest BCUT2D eigenvalue weighted by Crippen LogP contribution is 2.10. The molecular formula is C17H34N2O2. The molecule has 4 heteroatoms. The maximum Gasteiger partial charge on any atom is 0.248 e. The molecule has 1 rings (SSSR count). The average molecular weight is 298 g/mol. The van der Waals surface area contributed by atoms with Gasteiger partial charge in [-0.2, -0.15) is 0 Å². The van der Waals surface area contributed by atoms with Crippen LogP contribution in [0.5, 0.6) is 0 Å².